The van der Waals surface area contributed by atoms with Crippen molar-refractivity contribution in [3.05, 3.63) is 69.5 Å². The third-order valence-electron chi connectivity index (χ3n) is 5.50. The van der Waals surface area contributed by atoms with Crippen LogP contribution in [0.5, 0.6) is 5.88 Å². The first-order valence-corrected chi connectivity index (χ1v) is 11.0. The van der Waals surface area contributed by atoms with E-state index in [4.69, 9.17) is 10.1 Å². The summed E-state index contributed by atoms with van der Waals surface area (Å²) in [6, 6.07) is 10.9. The van der Waals surface area contributed by atoms with Crippen LogP contribution in [0.15, 0.2) is 35.4 Å². The first kappa shape index (κ1) is 23.3. The fourth-order valence-corrected chi connectivity index (χ4v) is 5.10. The highest BCUT2D eigenvalue weighted by Gasteiger charge is 2.44. The lowest BCUT2D eigenvalue weighted by Crippen LogP contribution is -2.32. The molecule has 0 fully saturated rings. The van der Waals surface area contributed by atoms with E-state index in [2.05, 4.69) is 21.3 Å². The number of aromatic nitrogens is 3. The molecule has 1 aromatic carbocycles. The van der Waals surface area contributed by atoms with Crippen LogP contribution in [0.4, 0.5) is 13.2 Å². The fraction of sp³-hybridized carbons (Fsp3) is 0.261. The third-order valence-corrected chi connectivity index (χ3v) is 6.50. The number of fused-ring (bicyclic) bond motifs is 1. The van der Waals surface area contributed by atoms with Crippen molar-refractivity contribution >= 4 is 17.7 Å². The monoisotopic (exact) mass is 482 g/mol. The van der Waals surface area contributed by atoms with E-state index in [1.807, 2.05) is 6.07 Å². The maximum atomic E-state index is 13.8. The highest BCUT2D eigenvalue weighted by Crippen LogP contribution is 2.47. The number of hydrogen-bond acceptors (Lipinski definition) is 7. The van der Waals surface area contributed by atoms with E-state index >= 15 is 0 Å². The quantitative estimate of drug-likeness (QED) is 0.490. The van der Waals surface area contributed by atoms with E-state index in [0.717, 1.165) is 17.3 Å². The van der Waals surface area contributed by atoms with Crippen molar-refractivity contribution in [3.63, 3.8) is 0 Å². The van der Waals surface area contributed by atoms with Gasteiger partial charge in [-0.1, -0.05) is 30.0 Å². The van der Waals surface area contributed by atoms with Crippen molar-refractivity contribution in [2.45, 2.75) is 36.7 Å². The summed E-state index contributed by atoms with van der Waals surface area (Å²) in [7, 11) is 0. The molecule has 1 aliphatic rings. The SMILES string of the molecule is Cc1cc(C)c(C#N)c(SCc2[nH]nc3c2C(c2ccccc2C(F)(F)F)C(C#N)C(=N)O3)n1. The number of nitrogens with zero attached hydrogens (tertiary/aromatic N) is 4. The van der Waals surface area contributed by atoms with Crippen molar-refractivity contribution < 1.29 is 17.9 Å². The summed E-state index contributed by atoms with van der Waals surface area (Å²) in [6.45, 7) is 3.60. The van der Waals surface area contributed by atoms with Gasteiger partial charge in [0.15, 0.2) is 0 Å². The van der Waals surface area contributed by atoms with Gasteiger partial charge in [-0.3, -0.25) is 10.5 Å². The molecule has 3 aromatic rings. The first-order valence-electron chi connectivity index (χ1n) is 10.1. The number of halogens is 3. The molecule has 0 radical (unpaired) electrons. The molecule has 1 aliphatic heterocycles. The number of pyridine rings is 1. The molecule has 0 bridgehead atoms. The molecule has 2 unspecified atom stereocenters. The van der Waals surface area contributed by atoms with Gasteiger partial charge in [0.05, 0.1) is 22.9 Å². The summed E-state index contributed by atoms with van der Waals surface area (Å²) in [4.78, 5) is 4.42. The lowest BCUT2D eigenvalue weighted by molar-refractivity contribution is -0.138. The lowest BCUT2D eigenvalue weighted by Gasteiger charge is -2.29. The number of thioether (sulfide) groups is 1. The molecule has 172 valence electrons. The highest BCUT2D eigenvalue weighted by atomic mass is 32.2. The molecule has 4 rings (SSSR count). The summed E-state index contributed by atoms with van der Waals surface area (Å²) < 4.78 is 46.9. The standard InChI is InChI=1S/C23H17F3N6OS/c1-11-7-12(2)30-22(14(11)8-27)34-10-17-19-18(13-5-3-4-6-16(13)23(24,25)26)15(9-28)20(29)33-21(19)32-31-17/h3-7,15,18,29H,10H2,1-2H3,(H,31,32). The van der Waals surface area contributed by atoms with Gasteiger partial charge in [-0.15, -0.1) is 5.10 Å². The number of nitrogens with one attached hydrogen (secondary N) is 2. The Morgan fingerprint density at radius 1 is 1.24 bits per heavy atom. The van der Waals surface area contributed by atoms with E-state index in [1.165, 1.54) is 30.0 Å². The number of ether oxygens (including phenoxy) is 1. The maximum absolute atomic E-state index is 13.8. The van der Waals surface area contributed by atoms with Gasteiger partial charge in [0.25, 0.3) is 0 Å². The second-order valence-electron chi connectivity index (χ2n) is 7.72. The molecule has 0 aliphatic carbocycles. The van der Waals surface area contributed by atoms with E-state index in [1.54, 1.807) is 19.9 Å². The zero-order chi connectivity index (χ0) is 24.6. The van der Waals surface area contributed by atoms with Crippen molar-refractivity contribution in [2.24, 2.45) is 5.92 Å². The van der Waals surface area contributed by atoms with Gasteiger partial charge < -0.3 is 4.74 Å². The largest absolute Gasteiger partial charge is 0.422 e. The smallest absolute Gasteiger partial charge is 0.416 e. The first-order chi connectivity index (χ1) is 16.2. The molecule has 2 aromatic heterocycles. The number of aryl methyl sites for hydroxylation is 2. The predicted octanol–water partition coefficient (Wildman–Crippen LogP) is 5.25. The summed E-state index contributed by atoms with van der Waals surface area (Å²) in [5.41, 5.74) is 1.60. The molecule has 3 heterocycles. The molecule has 2 atom stereocenters. The van der Waals surface area contributed by atoms with Crippen LogP contribution in [0.1, 0.15) is 45.1 Å². The van der Waals surface area contributed by atoms with Crippen LogP contribution in [0.25, 0.3) is 0 Å². The van der Waals surface area contributed by atoms with Crippen LogP contribution in [0.3, 0.4) is 0 Å². The Kier molecular flexibility index (Phi) is 6.07. The van der Waals surface area contributed by atoms with Gasteiger partial charge in [-0.05, 0) is 37.1 Å². The topological polar surface area (TPSA) is 122 Å². The van der Waals surface area contributed by atoms with Crippen LogP contribution >= 0.6 is 11.8 Å². The number of hydrogen-bond donors (Lipinski definition) is 2. The summed E-state index contributed by atoms with van der Waals surface area (Å²) in [5, 5.41) is 34.7. The molecule has 34 heavy (non-hydrogen) atoms. The number of H-pyrrole nitrogens is 1. The minimum absolute atomic E-state index is 0.0389. The predicted molar refractivity (Wildman–Crippen MR) is 117 cm³/mol. The minimum Gasteiger partial charge on any atom is -0.422 e. The summed E-state index contributed by atoms with van der Waals surface area (Å²) >= 11 is 1.23. The molecule has 2 N–H and O–H groups in total. The minimum atomic E-state index is -4.65. The number of benzene rings is 1. The third kappa shape index (κ3) is 4.11. The van der Waals surface area contributed by atoms with Gasteiger partial charge >= 0.3 is 6.18 Å². The fourth-order valence-electron chi connectivity index (χ4n) is 4.04. The van der Waals surface area contributed by atoms with E-state index < -0.39 is 29.5 Å². The lowest BCUT2D eigenvalue weighted by atomic mass is 9.78. The van der Waals surface area contributed by atoms with Crippen LogP contribution in [0.2, 0.25) is 0 Å². The molecule has 11 heteroatoms. The van der Waals surface area contributed by atoms with E-state index in [-0.39, 0.29) is 22.8 Å². The average Bonchev–Trinajstić information content (AvgIpc) is 3.18. The van der Waals surface area contributed by atoms with Gasteiger partial charge in [0.1, 0.15) is 17.0 Å². The van der Waals surface area contributed by atoms with Crippen LogP contribution in [-0.4, -0.2) is 21.1 Å². The number of alkyl halides is 3. The molecule has 0 saturated heterocycles. The molecule has 7 nitrogen and oxygen atoms in total. The van der Waals surface area contributed by atoms with Gasteiger partial charge in [-0.25, -0.2) is 4.98 Å². The Morgan fingerprint density at radius 3 is 2.65 bits per heavy atom. The molecular formula is C23H17F3N6OS. The second-order valence-corrected chi connectivity index (χ2v) is 8.68. The van der Waals surface area contributed by atoms with E-state index in [9.17, 15) is 23.7 Å². The van der Waals surface area contributed by atoms with Crippen LogP contribution in [-0.2, 0) is 11.9 Å². The van der Waals surface area contributed by atoms with Crippen LogP contribution in [0, 0.1) is 47.8 Å². The van der Waals surface area contributed by atoms with Crippen molar-refractivity contribution in [3.8, 4) is 18.0 Å². The van der Waals surface area contributed by atoms with Crippen LogP contribution < -0.4 is 4.74 Å². The van der Waals surface area contributed by atoms with Gasteiger partial charge in [0.2, 0.25) is 11.8 Å². The highest BCUT2D eigenvalue weighted by molar-refractivity contribution is 7.98. The summed E-state index contributed by atoms with van der Waals surface area (Å²) in [5.74, 6) is -2.71. The number of aromatic amines is 1. The molecule has 0 amide bonds. The Balaban J connectivity index is 1.81. The Morgan fingerprint density at radius 2 is 1.97 bits per heavy atom. The number of nitriles is 2. The van der Waals surface area contributed by atoms with Gasteiger partial charge in [-0.2, -0.15) is 23.7 Å². The number of rotatable bonds is 4. The Hall–Kier alpha value is -3.83. The van der Waals surface area contributed by atoms with E-state index in [0.29, 0.717) is 16.3 Å². The average molecular weight is 482 g/mol. The molecule has 0 spiro atoms. The van der Waals surface area contributed by atoms with Gasteiger partial charge in [0, 0.05) is 22.9 Å². The zero-order valence-electron chi connectivity index (χ0n) is 18.0. The van der Waals surface area contributed by atoms with Crippen molar-refractivity contribution in [1.29, 1.82) is 15.9 Å². The molecular weight excluding hydrogens is 465 g/mol. The van der Waals surface area contributed by atoms with Crippen molar-refractivity contribution in [2.75, 3.05) is 0 Å². The maximum Gasteiger partial charge on any atom is 0.416 e. The van der Waals surface area contributed by atoms with Crippen molar-refractivity contribution in [1.82, 2.24) is 15.2 Å². The zero-order valence-corrected chi connectivity index (χ0v) is 18.8. The summed E-state index contributed by atoms with van der Waals surface area (Å²) in [6.07, 6.45) is -4.65. The second kappa shape index (κ2) is 8.84. The normalized spacial score (nSPS) is 17.4. The molecule has 0 saturated carbocycles. The Labute approximate surface area is 197 Å². The Bertz CT molecular complexity index is 1370.